The Morgan fingerprint density at radius 3 is 2.29 bits per heavy atom. The molecular formula is C23H30N2O3. The lowest BCUT2D eigenvalue weighted by atomic mass is 10.1. The number of hydrogen-bond acceptors (Lipinski definition) is 4. The van der Waals surface area contributed by atoms with Gasteiger partial charge in [-0.15, -0.1) is 0 Å². The molecule has 0 aliphatic heterocycles. The van der Waals surface area contributed by atoms with Gasteiger partial charge in [-0.1, -0.05) is 12.1 Å². The Morgan fingerprint density at radius 1 is 1.00 bits per heavy atom. The lowest BCUT2D eigenvalue weighted by molar-refractivity contribution is 0.0784. The monoisotopic (exact) mass is 382 g/mol. The van der Waals surface area contributed by atoms with E-state index in [2.05, 4.69) is 29.2 Å². The van der Waals surface area contributed by atoms with Gasteiger partial charge in [0.2, 0.25) is 0 Å². The molecule has 1 aliphatic carbocycles. The van der Waals surface area contributed by atoms with E-state index in [1.165, 1.54) is 12.8 Å². The van der Waals surface area contributed by atoms with Crippen molar-refractivity contribution in [2.45, 2.75) is 38.3 Å². The highest BCUT2D eigenvalue weighted by Gasteiger charge is 2.20. The smallest absolute Gasteiger partial charge is 0.254 e. The molecule has 1 fully saturated rings. The van der Waals surface area contributed by atoms with Gasteiger partial charge in [0.25, 0.3) is 5.91 Å². The molecule has 2 aromatic carbocycles. The van der Waals surface area contributed by atoms with E-state index in [4.69, 9.17) is 9.47 Å². The van der Waals surface area contributed by atoms with Crippen LogP contribution in [0.3, 0.4) is 0 Å². The summed E-state index contributed by atoms with van der Waals surface area (Å²) in [4.78, 5) is 16.6. The second-order valence-corrected chi connectivity index (χ2v) is 7.61. The molecule has 0 N–H and O–H groups in total. The number of carbonyl (C=O) groups is 1. The molecule has 1 saturated carbocycles. The quantitative estimate of drug-likeness (QED) is 0.714. The van der Waals surface area contributed by atoms with Crippen molar-refractivity contribution in [2.24, 2.45) is 0 Å². The summed E-state index contributed by atoms with van der Waals surface area (Å²) < 4.78 is 11.5. The average Bonchev–Trinajstić information content (AvgIpc) is 3.21. The largest absolute Gasteiger partial charge is 0.493 e. The first-order valence-corrected chi connectivity index (χ1v) is 9.84. The van der Waals surface area contributed by atoms with Crippen LogP contribution in [0.1, 0.15) is 41.6 Å². The number of amides is 1. The van der Waals surface area contributed by atoms with Crippen molar-refractivity contribution in [1.29, 1.82) is 0 Å². The first-order valence-electron chi connectivity index (χ1n) is 9.84. The van der Waals surface area contributed by atoms with E-state index >= 15 is 0 Å². The fraction of sp³-hybridized carbons (Fsp3) is 0.435. The van der Waals surface area contributed by atoms with Crippen molar-refractivity contribution in [1.82, 2.24) is 4.90 Å². The molecule has 150 valence electrons. The van der Waals surface area contributed by atoms with E-state index in [-0.39, 0.29) is 12.0 Å². The maximum atomic E-state index is 12.9. The van der Waals surface area contributed by atoms with Crippen molar-refractivity contribution < 1.29 is 14.3 Å². The zero-order valence-electron chi connectivity index (χ0n) is 17.3. The summed E-state index contributed by atoms with van der Waals surface area (Å²) in [5, 5.41) is 0. The van der Waals surface area contributed by atoms with Crippen molar-refractivity contribution in [3.8, 4) is 11.5 Å². The topological polar surface area (TPSA) is 42.0 Å². The highest BCUT2D eigenvalue weighted by molar-refractivity contribution is 5.94. The fourth-order valence-corrected chi connectivity index (χ4v) is 3.55. The molecule has 5 heteroatoms. The maximum absolute atomic E-state index is 12.9. The minimum Gasteiger partial charge on any atom is -0.493 e. The summed E-state index contributed by atoms with van der Waals surface area (Å²) in [6, 6.07) is 13.7. The lowest BCUT2D eigenvalue weighted by Crippen LogP contribution is -2.26. The maximum Gasteiger partial charge on any atom is 0.254 e. The third-order valence-corrected chi connectivity index (χ3v) is 5.23. The normalized spacial score (nSPS) is 14.0. The summed E-state index contributed by atoms with van der Waals surface area (Å²) >= 11 is 0. The average molecular weight is 383 g/mol. The van der Waals surface area contributed by atoms with Gasteiger partial charge in [-0.25, -0.2) is 0 Å². The van der Waals surface area contributed by atoms with Crippen LogP contribution in [-0.2, 0) is 6.54 Å². The fourth-order valence-electron chi connectivity index (χ4n) is 3.55. The number of carbonyl (C=O) groups excluding carboxylic acids is 1. The summed E-state index contributed by atoms with van der Waals surface area (Å²) in [6.07, 6.45) is 4.84. The predicted molar refractivity (Wildman–Crippen MR) is 112 cm³/mol. The molecule has 0 radical (unpaired) electrons. The van der Waals surface area contributed by atoms with Crippen molar-refractivity contribution >= 4 is 11.6 Å². The second kappa shape index (κ2) is 9.00. The first kappa shape index (κ1) is 20.1. The van der Waals surface area contributed by atoms with Gasteiger partial charge in [-0.3, -0.25) is 4.79 Å². The zero-order valence-corrected chi connectivity index (χ0v) is 17.3. The van der Waals surface area contributed by atoms with E-state index in [0.29, 0.717) is 23.6 Å². The van der Waals surface area contributed by atoms with Crippen LogP contribution in [0.2, 0.25) is 0 Å². The predicted octanol–water partition coefficient (Wildman–Crippen LogP) is 4.35. The number of benzene rings is 2. The molecule has 1 aliphatic rings. The molecule has 1 amide bonds. The van der Waals surface area contributed by atoms with Crippen molar-refractivity contribution in [3.05, 3.63) is 53.6 Å². The second-order valence-electron chi connectivity index (χ2n) is 7.61. The summed E-state index contributed by atoms with van der Waals surface area (Å²) in [6.45, 7) is 0.551. The number of methoxy groups -OCH3 is 1. The highest BCUT2D eigenvalue weighted by Crippen LogP contribution is 2.32. The Bertz CT molecular complexity index is 796. The van der Waals surface area contributed by atoms with Gasteiger partial charge < -0.3 is 19.3 Å². The van der Waals surface area contributed by atoms with Gasteiger partial charge in [0.05, 0.1) is 13.2 Å². The lowest BCUT2D eigenvalue weighted by Gasteiger charge is -2.20. The van der Waals surface area contributed by atoms with Crippen molar-refractivity contribution in [2.75, 3.05) is 33.2 Å². The summed E-state index contributed by atoms with van der Waals surface area (Å²) in [7, 11) is 7.45. The van der Waals surface area contributed by atoms with Gasteiger partial charge >= 0.3 is 0 Å². The van der Waals surface area contributed by atoms with E-state index in [1.54, 1.807) is 18.1 Å². The van der Waals surface area contributed by atoms with Gasteiger partial charge in [0, 0.05) is 38.9 Å². The first-order chi connectivity index (χ1) is 13.5. The molecule has 2 aromatic rings. The minimum absolute atomic E-state index is 0.0394. The summed E-state index contributed by atoms with van der Waals surface area (Å²) in [5.74, 6) is 1.29. The molecule has 0 heterocycles. The number of ether oxygens (including phenoxy) is 2. The van der Waals surface area contributed by atoms with E-state index < -0.39 is 0 Å². The standard InChI is InChI=1S/C23H30N2O3/c1-24(2)19-12-9-17(10-13-19)16-25(3)23(26)18-11-14-21(22(15-18)27-4)28-20-7-5-6-8-20/h9-15,20H,5-8,16H2,1-4H3. The Morgan fingerprint density at radius 2 is 1.68 bits per heavy atom. The molecular weight excluding hydrogens is 352 g/mol. The molecule has 0 aromatic heterocycles. The third-order valence-electron chi connectivity index (χ3n) is 5.23. The highest BCUT2D eigenvalue weighted by atomic mass is 16.5. The van der Waals surface area contributed by atoms with Crippen LogP contribution in [0.5, 0.6) is 11.5 Å². The molecule has 0 saturated heterocycles. The molecule has 28 heavy (non-hydrogen) atoms. The van der Waals surface area contributed by atoms with Crippen LogP contribution in [0, 0.1) is 0 Å². The van der Waals surface area contributed by atoms with Crippen LogP contribution < -0.4 is 14.4 Å². The third kappa shape index (κ3) is 4.77. The molecule has 5 nitrogen and oxygen atoms in total. The molecule has 0 spiro atoms. The van der Waals surface area contributed by atoms with E-state index in [9.17, 15) is 4.79 Å². The van der Waals surface area contributed by atoms with Gasteiger partial charge in [0.1, 0.15) is 0 Å². The molecule has 0 atom stereocenters. The Hall–Kier alpha value is -2.69. The van der Waals surface area contributed by atoms with Crippen LogP contribution in [0.4, 0.5) is 5.69 Å². The SMILES string of the molecule is COc1cc(C(=O)N(C)Cc2ccc(N(C)C)cc2)ccc1OC1CCCC1. The number of nitrogens with zero attached hydrogens (tertiary/aromatic N) is 2. The Kier molecular flexibility index (Phi) is 6.45. The van der Waals surface area contributed by atoms with Crippen LogP contribution in [0.25, 0.3) is 0 Å². The van der Waals surface area contributed by atoms with Gasteiger partial charge in [-0.2, -0.15) is 0 Å². The summed E-state index contributed by atoms with van der Waals surface area (Å²) in [5.41, 5.74) is 2.83. The minimum atomic E-state index is -0.0394. The number of rotatable bonds is 7. The Balaban J connectivity index is 1.68. The molecule has 0 bridgehead atoms. The van der Waals surface area contributed by atoms with E-state index in [0.717, 1.165) is 24.1 Å². The zero-order chi connectivity index (χ0) is 20.1. The van der Waals surface area contributed by atoms with Crippen LogP contribution >= 0.6 is 0 Å². The Labute approximate surface area is 167 Å². The van der Waals surface area contributed by atoms with Crippen LogP contribution in [0.15, 0.2) is 42.5 Å². The van der Waals surface area contributed by atoms with Gasteiger partial charge in [-0.05, 0) is 61.6 Å². The van der Waals surface area contributed by atoms with E-state index in [1.807, 2.05) is 33.3 Å². The van der Waals surface area contributed by atoms with Gasteiger partial charge in [0.15, 0.2) is 11.5 Å². The number of hydrogen-bond donors (Lipinski definition) is 0. The number of anilines is 1. The van der Waals surface area contributed by atoms with Crippen LogP contribution in [-0.4, -0.2) is 45.2 Å². The molecule has 3 rings (SSSR count). The molecule has 0 unspecified atom stereocenters. The van der Waals surface area contributed by atoms with Crippen molar-refractivity contribution in [3.63, 3.8) is 0 Å².